The van der Waals surface area contributed by atoms with Crippen molar-refractivity contribution in [2.75, 3.05) is 26.8 Å². The summed E-state index contributed by atoms with van der Waals surface area (Å²) in [6.45, 7) is 2.19. The average molecular weight is 495 g/mol. The van der Waals surface area contributed by atoms with Crippen molar-refractivity contribution in [2.45, 2.75) is 95.4 Å². The first-order valence-electron chi connectivity index (χ1n) is 13.5. The van der Waals surface area contributed by atoms with Gasteiger partial charge in [0.2, 0.25) is 5.91 Å². The van der Waals surface area contributed by atoms with E-state index in [1.54, 1.807) is 13.2 Å². The number of rotatable bonds is 12. The number of halogens is 2. The molecule has 0 bridgehead atoms. The molecular formula is C28H44ClFN2O2. The topological polar surface area (TPSA) is 55.6 Å². The van der Waals surface area contributed by atoms with Crippen LogP contribution in [0.1, 0.15) is 95.0 Å². The zero-order chi connectivity index (χ0) is 24.3. The number of hydrogen-bond donors (Lipinski definition) is 1. The molecule has 1 saturated heterocycles. The van der Waals surface area contributed by atoms with Crippen molar-refractivity contribution in [1.29, 1.82) is 0 Å². The average Bonchev–Trinajstić information content (AvgIpc) is 2.85. The predicted octanol–water partition coefficient (Wildman–Crippen LogP) is 6.70. The van der Waals surface area contributed by atoms with Gasteiger partial charge in [0.25, 0.3) is 0 Å². The van der Waals surface area contributed by atoms with Crippen LogP contribution in [-0.4, -0.2) is 43.7 Å². The molecule has 4 nitrogen and oxygen atoms in total. The number of hydrogen-bond acceptors (Lipinski definition) is 3. The summed E-state index contributed by atoms with van der Waals surface area (Å²) in [7, 11) is 1.71. The van der Waals surface area contributed by atoms with Crippen molar-refractivity contribution in [1.82, 2.24) is 4.90 Å². The fraction of sp³-hybridized carbons (Fsp3) is 0.750. The summed E-state index contributed by atoms with van der Waals surface area (Å²) in [5.74, 6) is 0.931. The van der Waals surface area contributed by atoms with Gasteiger partial charge in [0, 0.05) is 39.3 Å². The van der Waals surface area contributed by atoms with E-state index in [2.05, 4.69) is 0 Å². The Hall–Kier alpha value is -1.17. The molecule has 6 heteroatoms. The van der Waals surface area contributed by atoms with E-state index in [1.807, 2.05) is 17.0 Å². The first-order chi connectivity index (χ1) is 16.5. The van der Waals surface area contributed by atoms with Gasteiger partial charge in [0.05, 0.1) is 5.02 Å². The van der Waals surface area contributed by atoms with E-state index in [4.69, 9.17) is 22.1 Å². The largest absolute Gasteiger partial charge is 0.385 e. The summed E-state index contributed by atoms with van der Waals surface area (Å²) in [6, 6.07) is 5.42. The molecular weight excluding hydrogens is 451 g/mol. The molecule has 1 heterocycles. The minimum Gasteiger partial charge on any atom is -0.385 e. The van der Waals surface area contributed by atoms with Gasteiger partial charge in [-0.3, -0.25) is 4.79 Å². The molecule has 2 fully saturated rings. The molecule has 192 valence electrons. The van der Waals surface area contributed by atoms with Gasteiger partial charge in [-0.05, 0) is 67.9 Å². The number of amides is 1. The van der Waals surface area contributed by atoms with Gasteiger partial charge in [-0.2, -0.15) is 0 Å². The second-order valence-corrected chi connectivity index (χ2v) is 10.9. The fourth-order valence-electron chi connectivity index (χ4n) is 6.06. The molecule has 0 aromatic heterocycles. The molecule has 1 amide bonds. The van der Waals surface area contributed by atoms with Gasteiger partial charge in [-0.15, -0.1) is 0 Å². The van der Waals surface area contributed by atoms with Crippen molar-refractivity contribution in [3.63, 3.8) is 0 Å². The maximum atomic E-state index is 15.0. The minimum absolute atomic E-state index is 0.0553. The Morgan fingerprint density at radius 2 is 1.97 bits per heavy atom. The van der Waals surface area contributed by atoms with E-state index in [-0.39, 0.29) is 34.6 Å². The second-order valence-electron chi connectivity index (χ2n) is 10.5. The van der Waals surface area contributed by atoms with E-state index in [0.717, 1.165) is 57.4 Å². The molecule has 1 aromatic carbocycles. The predicted molar refractivity (Wildman–Crippen MR) is 138 cm³/mol. The van der Waals surface area contributed by atoms with Gasteiger partial charge in [0.1, 0.15) is 5.82 Å². The lowest BCUT2D eigenvalue weighted by atomic mass is 9.78. The van der Waals surface area contributed by atoms with Crippen LogP contribution < -0.4 is 5.73 Å². The van der Waals surface area contributed by atoms with Crippen molar-refractivity contribution in [2.24, 2.45) is 17.6 Å². The fourth-order valence-corrected chi connectivity index (χ4v) is 6.25. The molecule has 3 rings (SSSR count). The van der Waals surface area contributed by atoms with Gasteiger partial charge >= 0.3 is 0 Å². The molecule has 0 radical (unpaired) electrons. The van der Waals surface area contributed by atoms with Crippen LogP contribution in [0.3, 0.4) is 0 Å². The summed E-state index contributed by atoms with van der Waals surface area (Å²) in [4.78, 5) is 15.1. The van der Waals surface area contributed by atoms with Crippen LogP contribution in [0, 0.1) is 17.7 Å². The summed E-state index contributed by atoms with van der Waals surface area (Å²) in [5, 5.41) is 0.176. The lowest BCUT2D eigenvalue weighted by molar-refractivity contribution is -0.133. The third-order valence-electron chi connectivity index (χ3n) is 7.96. The number of benzene rings is 1. The Morgan fingerprint density at radius 3 is 2.74 bits per heavy atom. The molecule has 1 aliphatic carbocycles. The highest BCUT2D eigenvalue weighted by atomic mass is 35.5. The first-order valence-corrected chi connectivity index (χ1v) is 13.8. The molecule has 1 aromatic rings. The standard InChI is InChI=1S/C28H44ClFN2O2/c1-34-18-6-5-12-24(25-13-7-14-26(29)28(25)30)22-11-8-17-32(20-22)27(33)16-15-23(31)19-21-9-3-2-4-10-21/h7,13-14,21-24H,2-6,8-12,15-20,31H2,1H3/t22-,23-,24-/m1/s1. The smallest absolute Gasteiger partial charge is 0.222 e. The van der Waals surface area contributed by atoms with Crippen LogP contribution in [0.2, 0.25) is 5.02 Å². The van der Waals surface area contributed by atoms with Crippen LogP contribution in [-0.2, 0) is 9.53 Å². The van der Waals surface area contributed by atoms with Crippen LogP contribution in [0.15, 0.2) is 18.2 Å². The lowest BCUT2D eigenvalue weighted by Gasteiger charge is -2.38. The number of nitrogens with zero attached hydrogens (tertiary/aromatic N) is 1. The number of methoxy groups -OCH3 is 1. The number of unbranched alkanes of at least 4 members (excludes halogenated alkanes) is 1. The molecule has 0 spiro atoms. The SMILES string of the molecule is COCCCC[C@@H](c1cccc(Cl)c1F)[C@@H]1CCCN(C(=O)CC[C@@H](N)CC2CCCCC2)C1. The van der Waals surface area contributed by atoms with Gasteiger partial charge in [-0.1, -0.05) is 62.3 Å². The van der Waals surface area contributed by atoms with Crippen molar-refractivity contribution < 1.29 is 13.9 Å². The molecule has 34 heavy (non-hydrogen) atoms. The van der Waals surface area contributed by atoms with Gasteiger partial charge < -0.3 is 15.4 Å². The molecule has 1 aliphatic heterocycles. The van der Waals surface area contributed by atoms with E-state index < -0.39 is 0 Å². The summed E-state index contributed by atoms with van der Waals surface area (Å²) in [6.07, 6.45) is 13.7. The Bertz CT molecular complexity index is 756. The Kier molecular flexibility index (Phi) is 11.6. The Labute approximate surface area is 210 Å². The number of likely N-dealkylation sites (tertiary alicyclic amines) is 1. The van der Waals surface area contributed by atoms with E-state index in [1.165, 1.54) is 32.1 Å². The second kappa shape index (κ2) is 14.4. The highest BCUT2D eigenvalue weighted by Crippen LogP contribution is 2.38. The number of nitrogens with two attached hydrogens (primary N) is 1. The third-order valence-corrected chi connectivity index (χ3v) is 8.26. The van der Waals surface area contributed by atoms with Crippen LogP contribution in [0.5, 0.6) is 0 Å². The van der Waals surface area contributed by atoms with Gasteiger partial charge in [-0.25, -0.2) is 4.39 Å². The molecule has 2 N–H and O–H groups in total. The van der Waals surface area contributed by atoms with Crippen LogP contribution in [0.25, 0.3) is 0 Å². The Balaban J connectivity index is 1.57. The first kappa shape index (κ1) is 27.4. The molecule has 3 atom stereocenters. The quantitative estimate of drug-likeness (QED) is 0.329. The molecule has 1 saturated carbocycles. The van der Waals surface area contributed by atoms with Crippen molar-refractivity contribution in [3.05, 3.63) is 34.6 Å². The maximum absolute atomic E-state index is 15.0. The zero-order valence-corrected chi connectivity index (χ0v) is 21.7. The molecule has 2 aliphatic rings. The third kappa shape index (κ3) is 8.20. The van der Waals surface area contributed by atoms with Crippen molar-refractivity contribution in [3.8, 4) is 0 Å². The van der Waals surface area contributed by atoms with E-state index >= 15 is 0 Å². The number of carbonyl (C=O) groups excluding carboxylic acids is 1. The van der Waals surface area contributed by atoms with Crippen molar-refractivity contribution >= 4 is 17.5 Å². The van der Waals surface area contributed by atoms with E-state index in [0.29, 0.717) is 25.1 Å². The van der Waals surface area contributed by atoms with Crippen LogP contribution in [0.4, 0.5) is 4.39 Å². The highest BCUT2D eigenvalue weighted by molar-refractivity contribution is 6.30. The monoisotopic (exact) mass is 494 g/mol. The number of ether oxygens (including phenoxy) is 1. The zero-order valence-electron chi connectivity index (χ0n) is 21.0. The van der Waals surface area contributed by atoms with Crippen LogP contribution >= 0.6 is 11.6 Å². The number of carbonyl (C=O) groups is 1. The lowest BCUT2D eigenvalue weighted by Crippen LogP contribution is -2.42. The normalized spacial score (nSPS) is 21.4. The van der Waals surface area contributed by atoms with Gasteiger partial charge in [0.15, 0.2) is 0 Å². The summed E-state index contributed by atoms with van der Waals surface area (Å²) in [5.41, 5.74) is 7.10. The maximum Gasteiger partial charge on any atom is 0.222 e. The highest BCUT2D eigenvalue weighted by Gasteiger charge is 2.32. The summed E-state index contributed by atoms with van der Waals surface area (Å²) < 4.78 is 20.2. The minimum atomic E-state index is -0.307. The number of piperidine rings is 1. The summed E-state index contributed by atoms with van der Waals surface area (Å²) >= 11 is 6.13. The molecule has 0 unspecified atom stereocenters. The Morgan fingerprint density at radius 1 is 1.18 bits per heavy atom. The van der Waals surface area contributed by atoms with E-state index in [9.17, 15) is 9.18 Å².